The quantitative estimate of drug-likeness (QED) is 0.884. The lowest BCUT2D eigenvalue weighted by molar-refractivity contribution is 0.0917. The third kappa shape index (κ3) is 3.61. The van der Waals surface area contributed by atoms with Crippen LogP contribution in [0.1, 0.15) is 20.3 Å². The molecule has 0 saturated carbocycles. The van der Waals surface area contributed by atoms with Crippen LogP contribution in [0.15, 0.2) is 24.3 Å². The molecule has 4 nitrogen and oxygen atoms in total. The van der Waals surface area contributed by atoms with Crippen molar-refractivity contribution >= 4 is 5.69 Å². The number of ether oxygens (including phenoxy) is 2. The lowest BCUT2D eigenvalue weighted by atomic mass is 10.1. The van der Waals surface area contributed by atoms with E-state index in [9.17, 15) is 0 Å². The van der Waals surface area contributed by atoms with Crippen molar-refractivity contribution < 1.29 is 9.47 Å². The van der Waals surface area contributed by atoms with E-state index in [0.717, 1.165) is 37.6 Å². The summed E-state index contributed by atoms with van der Waals surface area (Å²) in [5.74, 6) is 0.946. The Bertz CT molecular complexity index is 393. The second-order valence-electron chi connectivity index (χ2n) is 5.13. The highest BCUT2D eigenvalue weighted by atomic mass is 16.5. The predicted octanol–water partition coefficient (Wildman–Crippen LogP) is 2.03. The van der Waals surface area contributed by atoms with Crippen molar-refractivity contribution in [2.75, 3.05) is 31.2 Å². The average molecular weight is 264 g/mol. The molecule has 0 aromatic heterocycles. The number of hydrogen-bond acceptors (Lipinski definition) is 4. The molecule has 1 fully saturated rings. The Morgan fingerprint density at radius 3 is 2.95 bits per heavy atom. The van der Waals surface area contributed by atoms with Gasteiger partial charge in [-0.3, -0.25) is 0 Å². The van der Waals surface area contributed by atoms with E-state index in [1.807, 2.05) is 26.0 Å². The molecular formula is C15H24N2O2. The Morgan fingerprint density at radius 2 is 2.21 bits per heavy atom. The number of para-hydroxylation sites is 2. The van der Waals surface area contributed by atoms with Crippen molar-refractivity contribution in [3.63, 3.8) is 0 Å². The van der Waals surface area contributed by atoms with Gasteiger partial charge in [0.25, 0.3) is 0 Å². The monoisotopic (exact) mass is 264 g/mol. The van der Waals surface area contributed by atoms with E-state index in [-0.39, 0.29) is 6.10 Å². The van der Waals surface area contributed by atoms with Crippen molar-refractivity contribution in [1.29, 1.82) is 0 Å². The molecule has 1 aromatic rings. The van der Waals surface area contributed by atoms with Gasteiger partial charge in [-0.2, -0.15) is 0 Å². The first-order valence-electron chi connectivity index (χ1n) is 7.02. The molecule has 2 N–H and O–H groups in total. The Morgan fingerprint density at radius 1 is 1.42 bits per heavy atom. The van der Waals surface area contributed by atoms with Gasteiger partial charge in [0, 0.05) is 6.54 Å². The van der Waals surface area contributed by atoms with E-state index in [0.29, 0.717) is 12.6 Å². The molecule has 0 radical (unpaired) electrons. The molecule has 1 aromatic carbocycles. The van der Waals surface area contributed by atoms with E-state index in [2.05, 4.69) is 17.0 Å². The number of rotatable bonds is 5. The highest BCUT2D eigenvalue weighted by Crippen LogP contribution is 2.31. The molecule has 0 spiro atoms. The molecule has 1 aliphatic rings. The molecule has 1 aliphatic heterocycles. The summed E-state index contributed by atoms with van der Waals surface area (Å²) in [6, 6.07) is 8.56. The highest BCUT2D eigenvalue weighted by Gasteiger charge is 2.24. The third-order valence-corrected chi connectivity index (χ3v) is 3.26. The van der Waals surface area contributed by atoms with Crippen LogP contribution in [0.3, 0.4) is 0 Å². The molecule has 106 valence electrons. The van der Waals surface area contributed by atoms with Crippen LogP contribution >= 0.6 is 0 Å². The number of morpholine rings is 1. The van der Waals surface area contributed by atoms with Crippen LogP contribution in [0, 0.1) is 0 Å². The zero-order chi connectivity index (χ0) is 13.7. The molecule has 0 amide bonds. The van der Waals surface area contributed by atoms with E-state index in [4.69, 9.17) is 15.2 Å². The lowest BCUT2D eigenvalue weighted by Crippen LogP contribution is -2.46. The normalized spacial score (nSPS) is 19.8. The van der Waals surface area contributed by atoms with Crippen molar-refractivity contribution in [3.05, 3.63) is 24.3 Å². The molecule has 1 atom stereocenters. The van der Waals surface area contributed by atoms with Crippen molar-refractivity contribution in [1.82, 2.24) is 0 Å². The summed E-state index contributed by atoms with van der Waals surface area (Å²) in [6.45, 7) is 7.17. The third-order valence-electron chi connectivity index (χ3n) is 3.26. The summed E-state index contributed by atoms with van der Waals surface area (Å²) >= 11 is 0. The standard InChI is InChI=1S/C15H24N2O2/c1-12(2)19-15-6-4-3-5-14(15)17-9-10-18-11-13(17)7-8-16/h3-6,12-13H,7-11,16H2,1-2H3. The maximum absolute atomic E-state index is 5.91. The molecule has 2 rings (SSSR count). The highest BCUT2D eigenvalue weighted by molar-refractivity contribution is 5.59. The van der Waals surface area contributed by atoms with E-state index >= 15 is 0 Å². The molecular weight excluding hydrogens is 240 g/mol. The van der Waals surface area contributed by atoms with Crippen LogP contribution in [-0.2, 0) is 4.74 Å². The van der Waals surface area contributed by atoms with Gasteiger partial charge in [-0.15, -0.1) is 0 Å². The number of benzene rings is 1. The second-order valence-corrected chi connectivity index (χ2v) is 5.13. The van der Waals surface area contributed by atoms with Crippen LogP contribution < -0.4 is 15.4 Å². The first kappa shape index (κ1) is 14.2. The molecule has 4 heteroatoms. The summed E-state index contributed by atoms with van der Waals surface area (Å²) in [4.78, 5) is 2.37. The Labute approximate surface area is 115 Å². The Hall–Kier alpha value is -1.26. The van der Waals surface area contributed by atoms with Crippen molar-refractivity contribution in [2.24, 2.45) is 5.73 Å². The van der Waals surface area contributed by atoms with E-state index in [1.165, 1.54) is 0 Å². The largest absolute Gasteiger partial charge is 0.489 e. The minimum Gasteiger partial charge on any atom is -0.489 e. The molecule has 19 heavy (non-hydrogen) atoms. The van der Waals surface area contributed by atoms with Gasteiger partial charge in [0.05, 0.1) is 31.0 Å². The van der Waals surface area contributed by atoms with Crippen LogP contribution in [0.25, 0.3) is 0 Å². The lowest BCUT2D eigenvalue weighted by Gasteiger charge is -2.38. The van der Waals surface area contributed by atoms with Gasteiger partial charge < -0.3 is 20.1 Å². The molecule has 1 saturated heterocycles. The summed E-state index contributed by atoms with van der Waals surface area (Å²) < 4.78 is 11.5. The van der Waals surface area contributed by atoms with E-state index in [1.54, 1.807) is 0 Å². The van der Waals surface area contributed by atoms with Crippen LogP contribution in [0.5, 0.6) is 5.75 Å². The number of nitrogens with two attached hydrogens (primary N) is 1. The van der Waals surface area contributed by atoms with Crippen LogP contribution in [0.2, 0.25) is 0 Å². The fourth-order valence-corrected chi connectivity index (χ4v) is 2.45. The van der Waals surface area contributed by atoms with Gasteiger partial charge >= 0.3 is 0 Å². The molecule has 0 bridgehead atoms. The topological polar surface area (TPSA) is 47.7 Å². The zero-order valence-corrected chi connectivity index (χ0v) is 11.8. The maximum atomic E-state index is 5.91. The van der Waals surface area contributed by atoms with Crippen molar-refractivity contribution in [2.45, 2.75) is 32.4 Å². The number of nitrogens with zero attached hydrogens (tertiary/aromatic N) is 1. The van der Waals surface area contributed by atoms with Gasteiger partial charge in [-0.25, -0.2) is 0 Å². The first-order valence-corrected chi connectivity index (χ1v) is 7.02. The van der Waals surface area contributed by atoms with E-state index < -0.39 is 0 Å². The first-order chi connectivity index (χ1) is 9.22. The SMILES string of the molecule is CC(C)Oc1ccccc1N1CCOCC1CCN. The minimum absolute atomic E-state index is 0.176. The molecule has 1 unspecified atom stereocenters. The minimum atomic E-state index is 0.176. The van der Waals surface area contributed by atoms with Gasteiger partial charge in [-0.1, -0.05) is 12.1 Å². The van der Waals surface area contributed by atoms with Gasteiger partial charge in [0.2, 0.25) is 0 Å². The fraction of sp³-hybridized carbons (Fsp3) is 0.600. The zero-order valence-electron chi connectivity index (χ0n) is 11.8. The Balaban J connectivity index is 2.22. The fourth-order valence-electron chi connectivity index (χ4n) is 2.45. The molecule has 1 heterocycles. The second kappa shape index (κ2) is 6.78. The maximum Gasteiger partial charge on any atom is 0.142 e. The summed E-state index contributed by atoms with van der Waals surface area (Å²) in [7, 11) is 0. The number of hydrogen-bond donors (Lipinski definition) is 1. The summed E-state index contributed by atoms with van der Waals surface area (Å²) in [5.41, 5.74) is 6.86. The van der Waals surface area contributed by atoms with Crippen molar-refractivity contribution in [3.8, 4) is 5.75 Å². The number of anilines is 1. The van der Waals surface area contributed by atoms with Crippen LogP contribution in [-0.4, -0.2) is 38.4 Å². The Kier molecular flexibility index (Phi) is 5.05. The molecule has 0 aliphatic carbocycles. The van der Waals surface area contributed by atoms with Gasteiger partial charge in [-0.05, 0) is 38.9 Å². The van der Waals surface area contributed by atoms with Gasteiger partial charge in [0.1, 0.15) is 5.75 Å². The summed E-state index contributed by atoms with van der Waals surface area (Å²) in [5, 5.41) is 0. The predicted molar refractivity (Wildman–Crippen MR) is 77.8 cm³/mol. The van der Waals surface area contributed by atoms with Gasteiger partial charge in [0.15, 0.2) is 0 Å². The summed E-state index contributed by atoms with van der Waals surface area (Å²) in [6.07, 6.45) is 1.12. The average Bonchev–Trinajstić information content (AvgIpc) is 2.40. The smallest absolute Gasteiger partial charge is 0.142 e. The van der Waals surface area contributed by atoms with Crippen LogP contribution in [0.4, 0.5) is 5.69 Å².